The Balaban J connectivity index is 0.00000289. The van der Waals surface area contributed by atoms with Crippen LogP contribution in [0.25, 0.3) is 0 Å². The van der Waals surface area contributed by atoms with Gasteiger partial charge in [0.05, 0.1) is 17.7 Å². The molecule has 2 heterocycles. The molecule has 0 aliphatic carbocycles. The minimum absolute atomic E-state index is 0. The van der Waals surface area contributed by atoms with Crippen LogP contribution < -0.4 is 15.4 Å². The molecule has 2 amide bonds. The molecule has 0 fully saturated rings. The van der Waals surface area contributed by atoms with Crippen molar-refractivity contribution in [2.75, 3.05) is 33.3 Å². The van der Waals surface area contributed by atoms with Gasteiger partial charge in [-0.15, -0.1) is 24.0 Å². The normalized spacial score (nSPS) is 14.5. The lowest BCUT2D eigenvalue weighted by atomic mass is 10.1. The number of rotatable bonds is 8. The molecule has 2 aliphatic rings. The number of unbranched alkanes of at least 4 members (excludes halogenated alkanes) is 1. The summed E-state index contributed by atoms with van der Waals surface area (Å²) in [6.45, 7) is 2.72. The molecule has 0 saturated heterocycles. The quantitative estimate of drug-likeness (QED) is 0.174. The van der Waals surface area contributed by atoms with E-state index < -0.39 is 0 Å². The fourth-order valence-electron chi connectivity index (χ4n) is 3.99. The van der Waals surface area contributed by atoms with Crippen LogP contribution in [0.15, 0.2) is 47.5 Å². The van der Waals surface area contributed by atoms with Crippen molar-refractivity contribution < 1.29 is 14.3 Å². The lowest BCUT2D eigenvalue weighted by Crippen LogP contribution is -2.39. The summed E-state index contributed by atoms with van der Waals surface area (Å²) in [5.74, 6) is 1.38. The fourth-order valence-corrected chi connectivity index (χ4v) is 3.99. The number of fused-ring (bicyclic) bond motifs is 2. The Morgan fingerprint density at radius 3 is 2.47 bits per heavy atom. The van der Waals surface area contributed by atoms with E-state index in [2.05, 4.69) is 33.8 Å². The van der Waals surface area contributed by atoms with Gasteiger partial charge in [0.15, 0.2) is 5.96 Å². The summed E-state index contributed by atoms with van der Waals surface area (Å²) in [7, 11) is 1.75. The van der Waals surface area contributed by atoms with E-state index in [1.807, 2.05) is 0 Å². The van der Waals surface area contributed by atoms with Gasteiger partial charge in [0.1, 0.15) is 5.75 Å². The Labute approximate surface area is 205 Å². The summed E-state index contributed by atoms with van der Waals surface area (Å²) in [5.41, 5.74) is 3.59. The van der Waals surface area contributed by atoms with E-state index in [-0.39, 0.29) is 35.8 Å². The summed E-state index contributed by atoms with van der Waals surface area (Å²) in [6.07, 6.45) is 3.47. The summed E-state index contributed by atoms with van der Waals surface area (Å²) >= 11 is 0. The zero-order chi connectivity index (χ0) is 21.6. The highest BCUT2D eigenvalue weighted by molar-refractivity contribution is 14.0. The number of hydrogen-bond donors (Lipinski definition) is 2. The maximum absolute atomic E-state index is 12.4. The van der Waals surface area contributed by atoms with Gasteiger partial charge in [0.2, 0.25) is 0 Å². The van der Waals surface area contributed by atoms with Crippen LogP contribution in [-0.4, -0.2) is 56.0 Å². The number of halogens is 1. The van der Waals surface area contributed by atoms with E-state index in [9.17, 15) is 9.59 Å². The number of carbonyl (C=O) groups excluding carboxylic acids is 2. The van der Waals surface area contributed by atoms with E-state index in [1.165, 1.54) is 16.0 Å². The molecule has 0 aromatic heterocycles. The number of imide groups is 1. The van der Waals surface area contributed by atoms with Crippen LogP contribution in [0.2, 0.25) is 0 Å². The molecular weight excluding hydrogens is 519 g/mol. The first-order valence-corrected chi connectivity index (χ1v) is 10.8. The van der Waals surface area contributed by atoms with Crippen LogP contribution in [0.5, 0.6) is 5.75 Å². The Hall–Kier alpha value is -2.62. The first kappa shape index (κ1) is 24.0. The summed E-state index contributed by atoms with van der Waals surface area (Å²) in [5, 5.41) is 6.63. The van der Waals surface area contributed by atoms with E-state index in [0.717, 1.165) is 57.1 Å². The molecule has 2 aromatic rings. The van der Waals surface area contributed by atoms with Crippen LogP contribution in [0, 0.1) is 0 Å². The standard InChI is InChI=1S/C24H28N4O3.HI/c1-25-24(27-13-10-17-8-9-21-18(16-17)11-15-31-21)26-12-4-5-14-28-22(29)19-6-2-3-7-20(19)23(28)30;/h2-3,6-9,16H,4-5,10-15H2,1H3,(H2,25,26,27);1H. The van der Waals surface area contributed by atoms with E-state index in [4.69, 9.17) is 4.74 Å². The van der Waals surface area contributed by atoms with E-state index in [1.54, 1.807) is 31.3 Å². The molecule has 8 heteroatoms. The van der Waals surface area contributed by atoms with Gasteiger partial charge in [0, 0.05) is 33.1 Å². The van der Waals surface area contributed by atoms with Gasteiger partial charge in [-0.1, -0.05) is 24.3 Å². The molecule has 0 spiro atoms. The molecular formula is C24H29IN4O3. The molecule has 0 saturated carbocycles. The Kier molecular flexibility index (Phi) is 8.49. The average Bonchev–Trinajstić information content (AvgIpc) is 3.35. The van der Waals surface area contributed by atoms with Gasteiger partial charge in [-0.25, -0.2) is 0 Å². The van der Waals surface area contributed by atoms with Crippen molar-refractivity contribution in [1.82, 2.24) is 15.5 Å². The van der Waals surface area contributed by atoms with Crippen molar-refractivity contribution in [3.05, 3.63) is 64.7 Å². The van der Waals surface area contributed by atoms with Gasteiger partial charge >= 0.3 is 0 Å². The topological polar surface area (TPSA) is 83.0 Å². The Morgan fingerprint density at radius 2 is 1.75 bits per heavy atom. The van der Waals surface area contributed by atoms with Crippen molar-refractivity contribution >= 4 is 41.8 Å². The van der Waals surface area contributed by atoms with Crippen molar-refractivity contribution in [2.45, 2.75) is 25.7 Å². The second-order valence-electron chi connectivity index (χ2n) is 7.73. The number of guanidine groups is 1. The highest BCUT2D eigenvalue weighted by atomic mass is 127. The largest absolute Gasteiger partial charge is 0.493 e. The minimum Gasteiger partial charge on any atom is -0.493 e. The van der Waals surface area contributed by atoms with Gasteiger partial charge < -0.3 is 15.4 Å². The minimum atomic E-state index is -0.191. The number of aliphatic imine (C=N–C) groups is 1. The molecule has 0 bridgehead atoms. The van der Waals surface area contributed by atoms with Crippen molar-refractivity contribution in [1.29, 1.82) is 0 Å². The molecule has 7 nitrogen and oxygen atoms in total. The van der Waals surface area contributed by atoms with Crippen molar-refractivity contribution in [2.24, 2.45) is 4.99 Å². The number of carbonyl (C=O) groups is 2. The monoisotopic (exact) mass is 548 g/mol. The zero-order valence-electron chi connectivity index (χ0n) is 18.2. The molecule has 2 N–H and O–H groups in total. The van der Waals surface area contributed by atoms with Crippen molar-refractivity contribution in [3.63, 3.8) is 0 Å². The third-order valence-electron chi connectivity index (χ3n) is 5.66. The van der Waals surface area contributed by atoms with Gasteiger partial charge in [0.25, 0.3) is 11.8 Å². The van der Waals surface area contributed by atoms with E-state index >= 15 is 0 Å². The molecule has 0 unspecified atom stereocenters. The maximum Gasteiger partial charge on any atom is 0.261 e. The fraction of sp³-hybridized carbons (Fsp3) is 0.375. The summed E-state index contributed by atoms with van der Waals surface area (Å²) < 4.78 is 5.55. The number of benzene rings is 2. The third kappa shape index (κ3) is 5.40. The number of amides is 2. The molecule has 32 heavy (non-hydrogen) atoms. The van der Waals surface area contributed by atoms with Crippen LogP contribution in [0.4, 0.5) is 0 Å². The zero-order valence-corrected chi connectivity index (χ0v) is 20.6. The third-order valence-corrected chi connectivity index (χ3v) is 5.66. The summed E-state index contributed by atoms with van der Waals surface area (Å²) in [6, 6.07) is 13.4. The Morgan fingerprint density at radius 1 is 1.03 bits per heavy atom. The molecule has 0 radical (unpaired) electrons. The first-order chi connectivity index (χ1) is 15.2. The highest BCUT2D eigenvalue weighted by Gasteiger charge is 2.34. The molecule has 2 aromatic carbocycles. The molecule has 2 aliphatic heterocycles. The first-order valence-electron chi connectivity index (χ1n) is 10.8. The molecule has 0 atom stereocenters. The maximum atomic E-state index is 12.4. The van der Waals surface area contributed by atoms with Gasteiger partial charge in [-0.05, 0) is 48.6 Å². The Bertz CT molecular complexity index is 973. The number of ether oxygens (including phenoxy) is 1. The highest BCUT2D eigenvalue weighted by Crippen LogP contribution is 2.26. The smallest absolute Gasteiger partial charge is 0.261 e. The van der Waals surface area contributed by atoms with Gasteiger partial charge in [-0.2, -0.15) is 0 Å². The van der Waals surface area contributed by atoms with Crippen molar-refractivity contribution in [3.8, 4) is 5.75 Å². The van der Waals surface area contributed by atoms with Crippen LogP contribution in [0.1, 0.15) is 44.7 Å². The predicted molar refractivity (Wildman–Crippen MR) is 135 cm³/mol. The average molecular weight is 548 g/mol. The number of nitrogens with one attached hydrogen (secondary N) is 2. The number of nitrogens with zero attached hydrogens (tertiary/aromatic N) is 2. The molecule has 4 rings (SSSR count). The lowest BCUT2D eigenvalue weighted by Gasteiger charge is -2.15. The van der Waals surface area contributed by atoms with Crippen LogP contribution >= 0.6 is 24.0 Å². The lowest BCUT2D eigenvalue weighted by molar-refractivity contribution is 0.0652. The second kappa shape index (κ2) is 11.3. The van der Waals surface area contributed by atoms with E-state index in [0.29, 0.717) is 17.7 Å². The molecule has 170 valence electrons. The number of hydrogen-bond acceptors (Lipinski definition) is 4. The van der Waals surface area contributed by atoms with Crippen LogP contribution in [-0.2, 0) is 12.8 Å². The van der Waals surface area contributed by atoms with Gasteiger partial charge in [-0.3, -0.25) is 19.5 Å². The predicted octanol–water partition coefficient (Wildman–Crippen LogP) is 3.02. The van der Waals surface area contributed by atoms with Crippen LogP contribution in [0.3, 0.4) is 0 Å². The SMILES string of the molecule is CN=C(NCCCCN1C(=O)c2ccccc2C1=O)NCCc1ccc2c(c1)CCO2.I. The summed E-state index contributed by atoms with van der Waals surface area (Å²) in [4.78, 5) is 30.4. The second-order valence-corrected chi connectivity index (χ2v) is 7.73.